The van der Waals surface area contributed by atoms with E-state index in [0.717, 1.165) is 0 Å². The molecule has 1 fully saturated rings. The van der Waals surface area contributed by atoms with Crippen molar-refractivity contribution in [2.24, 2.45) is 0 Å². The van der Waals surface area contributed by atoms with Crippen molar-refractivity contribution in [2.75, 3.05) is 19.8 Å². The van der Waals surface area contributed by atoms with Gasteiger partial charge in [-0.25, -0.2) is 0 Å². The van der Waals surface area contributed by atoms with Gasteiger partial charge in [-0.15, -0.1) is 0 Å². The largest absolute Gasteiger partial charge is 0.395 e. The zero-order valence-corrected chi connectivity index (χ0v) is 7.09. The molecule has 6 heteroatoms. The number of β-amino-alcohol motifs (C(OH)–C–C–N with tert-alkyl or cyclic N) is 1. The van der Waals surface area contributed by atoms with Crippen LogP contribution in [0.25, 0.3) is 0 Å². The van der Waals surface area contributed by atoms with Gasteiger partial charge in [0.25, 0.3) is 0 Å². The molecule has 0 aliphatic carbocycles. The summed E-state index contributed by atoms with van der Waals surface area (Å²) in [6, 6.07) is -0.665. The standard InChI is InChI=1S/C7H15NO5/c9-1-4-5(11)6(12)7(13,3-10)2-8-4/h4-6,8-13H,1-3H2/t4-,5+,6-,7-/m0/s1. The summed E-state index contributed by atoms with van der Waals surface area (Å²) in [5.74, 6) is 0. The monoisotopic (exact) mass is 193 g/mol. The number of nitrogens with one attached hydrogen (secondary N) is 1. The summed E-state index contributed by atoms with van der Waals surface area (Å²) in [5, 5.41) is 48.4. The van der Waals surface area contributed by atoms with E-state index >= 15 is 0 Å². The molecule has 0 unspecified atom stereocenters. The number of aliphatic hydroxyl groups is 5. The van der Waals surface area contributed by atoms with E-state index in [1.54, 1.807) is 0 Å². The highest BCUT2D eigenvalue weighted by molar-refractivity contribution is 5.01. The van der Waals surface area contributed by atoms with Crippen LogP contribution in [0, 0.1) is 0 Å². The maximum absolute atomic E-state index is 9.53. The van der Waals surface area contributed by atoms with Gasteiger partial charge in [-0.3, -0.25) is 0 Å². The van der Waals surface area contributed by atoms with Crippen LogP contribution in [0.3, 0.4) is 0 Å². The lowest BCUT2D eigenvalue weighted by molar-refractivity contribution is -0.174. The van der Waals surface area contributed by atoms with Gasteiger partial charge in [0.1, 0.15) is 17.8 Å². The fraction of sp³-hybridized carbons (Fsp3) is 1.00. The molecule has 0 bridgehead atoms. The van der Waals surface area contributed by atoms with Crippen molar-refractivity contribution in [3.8, 4) is 0 Å². The normalized spacial score (nSPS) is 46.4. The second-order valence-corrected chi connectivity index (χ2v) is 3.37. The second kappa shape index (κ2) is 3.87. The van der Waals surface area contributed by atoms with Crippen molar-refractivity contribution in [1.29, 1.82) is 0 Å². The second-order valence-electron chi connectivity index (χ2n) is 3.37. The Morgan fingerprint density at radius 3 is 2.38 bits per heavy atom. The zero-order chi connectivity index (χ0) is 10.1. The molecule has 0 aromatic heterocycles. The molecule has 0 aromatic carbocycles. The molecule has 6 N–H and O–H groups in total. The summed E-state index contributed by atoms with van der Waals surface area (Å²) in [6.45, 7) is -1.04. The molecule has 6 nitrogen and oxygen atoms in total. The molecule has 0 aromatic rings. The lowest BCUT2D eigenvalue weighted by Gasteiger charge is -2.42. The zero-order valence-electron chi connectivity index (χ0n) is 7.09. The summed E-state index contributed by atoms with van der Waals surface area (Å²) in [7, 11) is 0. The molecule has 0 amide bonds. The van der Waals surface area contributed by atoms with E-state index in [-0.39, 0.29) is 13.2 Å². The van der Waals surface area contributed by atoms with Gasteiger partial charge < -0.3 is 30.8 Å². The van der Waals surface area contributed by atoms with Crippen molar-refractivity contribution in [3.63, 3.8) is 0 Å². The van der Waals surface area contributed by atoms with Crippen LogP contribution >= 0.6 is 0 Å². The fourth-order valence-electron chi connectivity index (χ4n) is 1.39. The highest BCUT2D eigenvalue weighted by Gasteiger charge is 2.46. The first kappa shape index (κ1) is 10.8. The van der Waals surface area contributed by atoms with Gasteiger partial charge in [0.15, 0.2) is 0 Å². The van der Waals surface area contributed by atoms with E-state index in [2.05, 4.69) is 5.32 Å². The molecule has 13 heavy (non-hydrogen) atoms. The third-order valence-corrected chi connectivity index (χ3v) is 2.43. The summed E-state index contributed by atoms with van der Waals surface area (Å²) < 4.78 is 0. The van der Waals surface area contributed by atoms with Crippen molar-refractivity contribution < 1.29 is 25.5 Å². The molecule has 1 aliphatic rings. The van der Waals surface area contributed by atoms with Crippen LogP contribution in [0.5, 0.6) is 0 Å². The molecule has 1 rings (SSSR count). The van der Waals surface area contributed by atoms with E-state index in [4.69, 9.17) is 10.2 Å². The van der Waals surface area contributed by atoms with Crippen molar-refractivity contribution in [1.82, 2.24) is 5.32 Å². The van der Waals surface area contributed by atoms with E-state index < -0.39 is 30.5 Å². The number of piperidine rings is 1. The van der Waals surface area contributed by atoms with Gasteiger partial charge >= 0.3 is 0 Å². The Hall–Kier alpha value is -0.240. The van der Waals surface area contributed by atoms with Crippen LogP contribution < -0.4 is 5.32 Å². The van der Waals surface area contributed by atoms with Crippen molar-refractivity contribution in [2.45, 2.75) is 23.9 Å². The predicted octanol–water partition coefficient (Wildman–Crippen LogP) is -3.60. The van der Waals surface area contributed by atoms with E-state index in [9.17, 15) is 15.3 Å². The van der Waals surface area contributed by atoms with Gasteiger partial charge in [0.2, 0.25) is 0 Å². The van der Waals surface area contributed by atoms with Crippen molar-refractivity contribution in [3.05, 3.63) is 0 Å². The summed E-state index contributed by atoms with van der Waals surface area (Å²) in [5.41, 5.74) is -1.73. The first-order valence-electron chi connectivity index (χ1n) is 4.09. The Kier molecular flexibility index (Phi) is 3.23. The molecule has 0 spiro atoms. The Balaban J connectivity index is 2.69. The number of hydrogen-bond donors (Lipinski definition) is 6. The molecule has 4 atom stereocenters. The first-order chi connectivity index (χ1) is 6.05. The van der Waals surface area contributed by atoms with Gasteiger partial charge in [-0.1, -0.05) is 0 Å². The Morgan fingerprint density at radius 1 is 1.31 bits per heavy atom. The van der Waals surface area contributed by atoms with Crippen LogP contribution in [0.2, 0.25) is 0 Å². The minimum atomic E-state index is -1.73. The van der Waals surface area contributed by atoms with Gasteiger partial charge in [-0.05, 0) is 0 Å². The van der Waals surface area contributed by atoms with Crippen LogP contribution in [0.1, 0.15) is 0 Å². The number of aliphatic hydroxyl groups excluding tert-OH is 4. The van der Waals surface area contributed by atoms with Gasteiger partial charge in [-0.2, -0.15) is 0 Å². The summed E-state index contributed by atoms with van der Waals surface area (Å²) in [4.78, 5) is 0. The maximum atomic E-state index is 9.53. The molecule has 1 heterocycles. The highest BCUT2D eigenvalue weighted by atomic mass is 16.4. The van der Waals surface area contributed by atoms with E-state index in [1.165, 1.54) is 0 Å². The summed E-state index contributed by atoms with van der Waals surface area (Å²) >= 11 is 0. The highest BCUT2D eigenvalue weighted by Crippen LogP contribution is 2.19. The minimum Gasteiger partial charge on any atom is -0.395 e. The lowest BCUT2D eigenvalue weighted by atomic mass is 9.86. The van der Waals surface area contributed by atoms with Gasteiger partial charge in [0.05, 0.1) is 19.3 Å². The predicted molar refractivity (Wildman–Crippen MR) is 42.9 cm³/mol. The van der Waals surface area contributed by atoms with Gasteiger partial charge in [0, 0.05) is 6.54 Å². The van der Waals surface area contributed by atoms with E-state index in [1.807, 2.05) is 0 Å². The molecule has 0 radical (unpaired) electrons. The smallest absolute Gasteiger partial charge is 0.128 e. The topological polar surface area (TPSA) is 113 Å². The molecule has 1 aliphatic heterocycles. The third kappa shape index (κ3) is 1.83. The Labute approximate surface area is 75.4 Å². The average Bonchev–Trinajstić information content (AvgIpc) is 2.15. The average molecular weight is 193 g/mol. The molecular weight excluding hydrogens is 178 g/mol. The fourth-order valence-corrected chi connectivity index (χ4v) is 1.39. The Bertz CT molecular complexity index is 178. The van der Waals surface area contributed by atoms with E-state index in [0.29, 0.717) is 0 Å². The van der Waals surface area contributed by atoms with Crippen LogP contribution in [-0.4, -0.2) is 69.1 Å². The number of hydrogen-bond acceptors (Lipinski definition) is 6. The Morgan fingerprint density at radius 2 is 1.92 bits per heavy atom. The van der Waals surface area contributed by atoms with Crippen LogP contribution in [0.4, 0.5) is 0 Å². The lowest BCUT2D eigenvalue weighted by Crippen LogP contribution is -2.68. The SMILES string of the molecule is OC[C@@H]1NC[C@](O)(CO)[C@@H](O)[C@@H]1O. The third-order valence-electron chi connectivity index (χ3n) is 2.43. The first-order valence-corrected chi connectivity index (χ1v) is 4.09. The quantitative estimate of drug-likeness (QED) is 0.270. The molecular formula is C7H15NO5. The number of rotatable bonds is 2. The maximum Gasteiger partial charge on any atom is 0.128 e. The molecule has 0 saturated carbocycles. The molecule has 78 valence electrons. The van der Waals surface area contributed by atoms with Crippen LogP contribution in [0.15, 0.2) is 0 Å². The van der Waals surface area contributed by atoms with Crippen molar-refractivity contribution >= 4 is 0 Å². The molecule has 1 saturated heterocycles. The minimum absolute atomic E-state index is 0.0625. The summed E-state index contributed by atoms with van der Waals surface area (Å²) in [6.07, 6.45) is -2.73. The van der Waals surface area contributed by atoms with Crippen LogP contribution in [-0.2, 0) is 0 Å².